The van der Waals surface area contributed by atoms with E-state index in [2.05, 4.69) is 0 Å². The molecule has 0 radical (unpaired) electrons. The summed E-state index contributed by atoms with van der Waals surface area (Å²) in [5.74, 6) is -4.56. The van der Waals surface area contributed by atoms with Crippen molar-refractivity contribution in [2.24, 2.45) is 23.7 Å². The van der Waals surface area contributed by atoms with E-state index < -0.39 is 41.4 Å². The molecule has 1 aliphatic heterocycles. The van der Waals surface area contributed by atoms with Gasteiger partial charge in [0.05, 0.1) is 24.5 Å². The first-order chi connectivity index (χ1) is 18.5. The first-order valence-corrected chi connectivity index (χ1v) is 13.7. The Balaban J connectivity index is 1.75. The number of carbonyl (C=O) groups is 3. The maximum Gasteiger partial charge on any atom is 0.303 e. The number of aliphatic carboxylic acids is 1. The normalized spacial score (nSPS) is 22.6. The molecule has 1 fully saturated rings. The Morgan fingerprint density at radius 1 is 1.15 bits per heavy atom. The number of nitrogens with zero attached hydrogens (tertiary/aromatic N) is 1. The van der Waals surface area contributed by atoms with Crippen LogP contribution in [0.5, 0.6) is 5.75 Å². The molecule has 1 aromatic rings. The lowest BCUT2D eigenvalue weighted by atomic mass is 9.66. The summed E-state index contributed by atoms with van der Waals surface area (Å²) in [5.41, 5.74) is 3.02. The molecule has 1 saturated heterocycles. The zero-order chi connectivity index (χ0) is 28.9. The molecule has 0 spiro atoms. The van der Waals surface area contributed by atoms with Crippen molar-refractivity contribution < 1.29 is 39.2 Å². The number of aliphatic hydroxyl groups is 2. The number of rotatable bonds is 13. The molecule has 0 aromatic heterocycles. The van der Waals surface area contributed by atoms with Crippen LogP contribution in [0, 0.1) is 29.5 Å². The highest BCUT2D eigenvalue weighted by atomic mass is 19.1. The molecule has 0 bridgehead atoms. The van der Waals surface area contributed by atoms with Crippen LogP contribution in [0.1, 0.15) is 71.3 Å². The SMILES string of the molecule is C/C(=C\c1ccc(O)c(F)c1)CC[C@@H](O)C1=C(C(C)C)C[C@H]2C(=O)N(CCCCCC(=O)O)C(=O)[C@H]2[C@H]1CO. The molecule has 8 nitrogen and oxygen atoms in total. The summed E-state index contributed by atoms with van der Waals surface area (Å²) in [6.07, 6.45) is 3.65. The van der Waals surface area contributed by atoms with E-state index in [0.717, 1.165) is 11.1 Å². The van der Waals surface area contributed by atoms with Crippen molar-refractivity contribution in [2.45, 2.75) is 71.8 Å². The fraction of sp³-hybridized carbons (Fsp3) is 0.567. The number of carboxylic acid groups (broad SMARTS) is 1. The lowest BCUT2D eigenvalue weighted by Gasteiger charge is -2.38. The monoisotopic (exact) mass is 545 g/mol. The van der Waals surface area contributed by atoms with Crippen molar-refractivity contribution in [3.8, 4) is 5.75 Å². The Hall–Kier alpha value is -3.04. The molecule has 4 atom stereocenters. The lowest BCUT2D eigenvalue weighted by Crippen LogP contribution is -2.40. The Bertz CT molecular complexity index is 1140. The van der Waals surface area contributed by atoms with Gasteiger partial charge in [-0.25, -0.2) is 4.39 Å². The maximum atomic E-state index is 13.7. The van der Waals surface area contributed by atoms with Gasteiger partial charge in [0.2, 0.25) is 11.8 Å². The third-order valence-electron chi connectivity index (χ3n) is 7.93. The van der Waals surface area contributed by atoms with E-state index >= 15 is 0 Å². The van der Waals surface area contributed by atoms with Gasteiger partial charge in [0.1, 0.15) is 0 Å². The second-order valence-corrected chi connectivity index (χ2v) is 11.0. The fourth-order valence-corrected chi connectivity index (χ4v) is 5.94. The molecule has 214 valence electrons. The number of carboxylic acids is 1. The number of phenolic OH excluding ortho intramolecular Hbond substituents is 1. The Morgan fingerprint density at radius 2 is 1.87 bits per heavy atom. The number of halogens is 1. The number of imide groups is 1. The number of fused-ring (bicyclic) bond motifs is 1. The maximum absolute atomic E-state index is 13.7. The number of unbranched alkanes of at least 4 members (excludes halogenated alkanes) is 2. The van der Waals surface area contributed by atoms with Crippen LogP contribution in [0.4, 0.5) is 4.39 Å². The number of amides is 2. The Morgan fingerprint density at radius 3 is 2.49 bits per heavy atom. The third-order valence-corrected chi connectivity index (χ3v) is 7.93. The number of allylic oxidation sites excluding steroid dienone is 2. The van der Waals surface area contributed by atoms with Crippen LogP contribution < -0.4 is 0 Å². The Labute approximate surface area is 228 Å². The van der Waals surface area contributed by atoms with Crippen molar-refractivity contribution in [3.63, 3.8) is 0 Å². The molecular formula is C30H40FNO7. The Kier molecular flexibility index (Phi) is 10.4. The third kappa shape index (κ3) is 7.13. The van der Waals surface area contributed by atoms with Crippen LogP contribution >= 0.6 is 0 Å². The summed E-state index contributed by atoms with van der Waals surface area (Å²) >= 11 is 0. The quantitative estimate of drug-likeness (QED) is 0.165. The average Bonchev–Trinajstić information content (AvgIpc) is 3.12. The molecule has 0 unspecified atom stereocenters. The zero-order valence-electron chi connectivity index (χ0n) is 22.9. The average molecular weight is 546 g/mol. The van der Waals surface area contributed by atoms with E-state index in [1.54, 1.807) is 12.1 Å². The molecular weight excluding hydrogens is 505 g/mol. The minimum absolute atomic E-state index is 0.00855. The van der Waals surface area contributed by atoms with Crippen molar-refractivity contribution in [3.05, 3.63) is 46.3 Å². The molecule has 39 heavy (non-hydrogen) atoms. The minimum Gasteiger partial charge on any atom is -0.505 e. The summed E-state index contributed by atoms with van der Waals surface area (Å²) in [6, 6.07) is 4.12. The number of aromatic hydroxyl groups is 1. The number of aliphatic hydroxyl groups excluding tert-OH is 2. The van der Waals surface area contributed by atoms with Crippen LogP contribution in [0.3, 0.4) is 0 Å². The second kappa shape index (κ2) is 13.3. The van der Waals surface area contributed by atoms with Gasteiger partial charge < -0.3 is 20.4 Å². The summed E-state index contributed by atoms with van der Waals surface area (Å²) in [5, 5.41) is 39.9. The molecule has 9 heteroatoms. The topological polar surface area (TPSA) is 135 Å². The molecule has 2 amide bonds. The van der Waals surface area contributed by atoms with E-state index in [9.17, 15) is 34.1 Å². The van der Waals surface area contributed by atoms with Gasteiger partial charge in [0, 0.05) is 18.9 Å². The predicted octanol–water partition coefficient (Wildman–Crippen LogP) is 4.29. The molecule has 1 aliphatic carbocycles. The van der Waals surface area contributed by atoms with Crippen LogP contribution in [-0.4, -0.2) is 62.4 Å². The summed E-state index contributed by atoms with van der Waals surface area (Å²) in [6.45, 7) is 5.67. The number of hydrogen-bond acceptors (Lipinski definition) is 6. The van der Waals surface area contributed by atoms with Crippen molar-refractivity contribution in [1.82, 2.24) is 4.90 Å². The molecule has 1 aromatic carbocycles. The van der Waals surface area contributed by atoms with Crippen LogP contribution in [-0.2, 0) is 14.4 Å². The summed E-state index contributed by atoms with van der Waals surface area (Å²) in [7, 11) is 0. The van der Waals surface area contributed by atoms with Gasteiger partial charge in [0.15, 0.2) is 11.6 Å². The van der Waals surface area contributed by atoms with E-state index in [1.165, 1.54) is 17.0 Å². The van der Waals surface area contributed by atoms with Crippen LogP contribution in [0.25, 0.3) is 6.08 Å². The van der Waals surface area contributed by atoms with Gasteiger partial charge in [-0.05, 0) is 68.2 Å². The number of hydrogen-bond donors (Lipinski definition) is 4. The van der Waals surface area contributed by atoms with Gasteiger partial charge in [-0.1, -0.05) is 43.6 Å². The number of benzene rings is 1. The molecule has 2 aliphatic rings. The lowest BCUT2D eigenvalue weighted by molar-refractivity contribution is -0.141. The zero-order valence-corrected chi connectivity index (χ0v) is 22.9. The summed E-state index contributed by atoms with van der Waals surface area (Å²) in [4.78, 5) is 38.6. The highest BCUT2D eigenvalue weighted by Crippen LogP contribution is 2.48. The second-order valence-electron chi connectivity index (χ2n) is 11.0. The first-order valence-electron chi connectivity index (χ1n) is 13.7. The number of phenols is 1. The minimum atomic E-state index is -0.923. The first kappa shape index (κ1) is 30.5. The van der Waals surface area contributed by atoms with E-state index in [-0.39, 0.29) is 37.3 Å². The largest absolute Gasteiger partial charge is 0.505 e. The fourth-order valence-electron chi connectivity index (χ4n) is 5.94. The van der Waals surface area contributed by atoms with Gasteiger partial charge in [-0.2, -0.15) is 0 Å². The van der Waals surface area contributed by atoms with Crippen LogP contribution in [0.2, 0.25) is 0 Å². The van der Waals surface area contributed by atoms with E-state index in [1.807, 2.05) is 20.8 Å². The molecule has 0 saturated carbocycles. The van der Waals surface area contributed by atoms with Crippen LogP contribution in [0.15, 0.2) is 34.9 Å². The standard InChI is InChI=1S/C30H40FNO7/c1-17(2)20-15-21-28(30(39)32(29(21)38)12-6-4-5-7-26(36)37)22(16-33)27(20)25(35)10-8-18(3)13-19-9-11-24(34)23(31)14-19/h9,11,13-14,17,21-22,25,28,33-35H,4-8,10,12,15-16H2,1-3H3,(H,36,37)/b18-13+/t21-,22+,25-,28-/m1/s1. The van der Waals surface area contributed by atoms with Gasteiger partial charge in [-0.15, -0.1) is 0 Å². The van der Waals surface area contributed by atoms with Gasteiger partial charge >= 0.3 is 5.97 Å². The highest BCUT2D eigenvalue weighted by molar-refractivity contribution is 6.05. The predicted molar refractivity (Wildman–Crippen MR) is 144 cm³/mol. The van der Waals surface area contributed by atoms with E-state index in [0.29, 0.717) is 49.7 Å². The highest BCUT2D eigenvalue weighted by Gasteiger charge is 2.54. The van der Waals surface area contributed by atoms with Gasteiger partial charge in [-0.3, -0.25) is 19.3 Å². The molecule has 1 heterocycles. The summed E-state index contributed by atoms with van der Waals surface area (Å²) < 4.78 is 13.7. The van der Waals surface area contributed by atoms with Crippen molar-refractivity contribution in [2.75, 3.05) is 13.2 Å². The number of carbonyl (C=O) groups excluding carboxylic acids is 2. The van der Waals surface area contributed by atoms with Gasteiger partial charge in [0.25, 0.3) is 0 Å². The number of likely N-dealkylation sites (tertiary alicyclic amines) is 1. The molecule has 3 rings (SSSR count). The van der Waals surface area contributed by atoms with E-state index in [4.69, 9.17) is 5.11 Å². The molecule has 4 N–H and O–H groups in total. The smallest absolute Gasteiger partial charge is 0.303 e. The van der Waals surface area contributed by atoms with Crippen molar-refractivity contribution >= 4 is 23.9 Å². The van der Waals surface area contributed by atoms with Crippen molar-refractivity contribution in [1.29, 1.82) is 0 Å².